The summed E-state index contributed by atoms with van der Waals surface area (Å²) in [5.41, 5.74) is 0. The van der Waals surface area contributed by atoms with Gasteiger partial charge in [-0.3, -0.25) is 0 Å². The van der Waals surface area contributed by atoms with Crippen molar-refractivity contribution in [3.63, 3.8) is 0 Å². The van der Waals surface area contributed by atoms with Crippen molar-refractivity contribution in [2.45, 2.75) is 45.1 Å². The molecule has 2 atom stereocenters. The molecule has 0 radical (unpaired) electrons. The zero-order chi connectivity index (χ0) is 13.1. The van der Waals surface area contributed by atoms with Crippen LogP contribution in [-0.4, -0.2) is 52.6 Å². The van der Waals surface area contributed by atoms with Gasteiger partial charge in [-0.25, -0.2) is 9.59 Å². The molecule has 0 spiro atoms. The summed E-state index contributed by atoms with van der Waals surface area (Å²) in [6.07, 6.45) is 4.76. The fourth-order valence-electron chi connectivity index (χ4n) is 3.08. The predicted molar refractivity (Wildman–Crippen MR) is 67.3 cm³/mol. The van der Waals surface area contributed by atoms with Crippen molar-refractivity contribution >= 4 is 12.0 Å². The first kappa shape index (κ1) is 13.2. The van der Waals surface area contributed by atoms with Crippen molar-refractivity contribution in [1.82, 2.24) is 9.80 Å². The van der Waals surface area contributed by atoms with Gasteiger partial charge in [0.25, 0.3) is 0 Å². The molecule has 2 aliphatic heterocycles. The van der Waals surface area contributed by atoms with Gasteiger partial charge in [-0.05, 0) is 31.6 Å². The molecule has 0 bridgehead atoms. The van der Waals surface area contributed by atoms with E-state index >= 15 is 0 Å². The summed E-state index contributed by atoms with van der Waals surface area (Å²) in [5, 5.41) is 9.10. The second kappa shape index (κ2) is 5.59. The number of likely N-dealkylation sites (tertiary alicyclic amines) is 2. The highest BCUT2D eigenvalue weighted by molar-refractivity contribution is 5.83. The molecule has 0 aromatic heterocycles. The van der Waals surface area contributed by atoms with Gasteiger partial charge in [-0.1, -0.05) is 13.3 Å². The van der Waals surface area contributed by atoms with Crippen LogP contribution in [-0.2, 0) is 4.79 Å². The molecule has 5 heteroatoms. The van der Waals surface area contributed by atoms with Gasteiger partial charge in [0.15, 0.2) is 0 Å². The van der Waals surface area contributed by atoms with Crippen LogP contribution < -0.4 is 0 Å². The van der Waals surface area contributed by atoms with E-state index in [0.29, 0.717) is 18.9 Å². The van der Waals surface area contributed by atoms with E-state index in [9.17, 15) is 9.59 Å². The highest BCUT2D eigenvalue weighted by Crippen LogP contribution is 2.25. The van der Waals surface area contributed by atoms with Crippen LogP contribution in [0.25, 0.3) is 0 Å². The molecule has 2 rings (SSSR count). The van der Waals surface area contributed by atoms with Crippen molar-refractivity contribution in [3.05, 3.63) is 0 Å². The normalized spacial score (nSPS) is 27.8. The summed E-state index contributed by atoms with van der Waals surface area (Å²) < 4.78 is 0. The maximum Gasteiger partial charge on any atom is 0.326 e. The molecule has 102 valence electrons. The van der Waals surface area contributed by atoms with Crippen molar-refractivity contribution in [1.29, 1.82) is 0 Å². The van der Waals surface area contributed by atoms with Crippen LogP contribution in [0, 0.1) is 5.92 Å². The number of amides is 2. The molecule has 0 aliphatic carbocycles. The molecule has 5 nitrogen and oxygen atoms in total. The summed E-state index contributed by atoms with van der Waals surface area (Å²) in [6, 6.07) is -0.679. The lowest BCUT2D eigenvalue weighted by Crippen LogP contribution is -2.47. The Kier molecular flexibility index (Phi) is 4.09. The number of urea groups is 1. The second-order valence-electron chi connectivity index (χ2n) is 5.36. The van der Waals surface area contributed by atoms with E-state index in [4.69, 9.17) is 5.11 Å². The van der Waals surface area contributed by atoms with Gasteiger partial charge in [-0.2, -0.15) is 0 Å². The predicted octanol–water partition coefficient (Wildman–Crippen LogP) is 1.78. The van der Waals surface area contributed by atoms with Gasteiger partial charge in [0.05, 0.1) is 0 Å². The molecule has 1 unspecified atom stereocenters. The highest BCUT2D eigenvalue weighted by atomic mass is 16.4. The van der Waals surface area contributed by atoms with E-state index < -0.39 is 12.0 Å². The van der Waals surface area contributed by atoms with Gasteiger partial charge in [-0.15, -0.1) is 0 Å². The Hall–Kier alpha value is -1.26. The molecule has 1 N–H and O–H groups in total. The Balaban J connectivity index is 1.93. The lowest BCUT2D eigenvalue weighted by atomic mass is 10.0. The SMILES string of the molecule is CCCC1CCN(C(=O)N2CCC[C@@H]2C(=O)O)C1. The minimum atomic E-state index is -0.870. The number of nitrogens with zero attached hydrogens (tertiary/aromatic N) is 2. The number of rotatable bonds is 3. The summed E-state index contributed by atoms with van der Waals surface area (Å²) >= 11 is 0. The van der Waals surface area contributed by atoms with Gasteiger partial charge in [0.1, 0.15) is 6.04 Å². The molecule has 0 saturated carbocycles. The number of aliphatic carboxylic acids is 1. The first-order valence-corrected chi connectivity index (χ1v) is 6.91. The third-order valence-electron chi connectivity index (χ3n) is 4.04. The van der Waals surface area contributed by atoms with Crippen LogP contribution in [0.3, 0.4) is 0 Å². The van der Waals surface area contributed by atoms with E-state index in [1.165, 1.54) is 4.90 Å². The van der Waals surface area contributed by atoms with Crippen LogP contribution in [0.4, 0.5) is 4.79 Å². The first-order chi connectivity index (χ1) is 8.63. The maximum absolute atomic E-state index is 12.3. The molecule has 18 heavy (non-hydrogen) atoms. The number of carbonyl (C=O) groups is 2. The second-order valence-corrected chi connectivity index (χ2v) is 5.36. The number of carbonyl (C=O) groups excluding carboxylic acids is 1. The van der Waals surface area contributed by atoms with Crippen molar-refractivity contribution in [2.75, 3.05) is 19.6 Å². The van der Waals surface area contributed by atoms with Crippen molar-refractivity contribution in [2.24, 2.45) is 5.92 Å². The summed E-state index contributed by atoms with van der Waals surface area (Å²) in [5.74, 6) is -0.269. The van der Waals surface area contributed by atoms with E-state index in [0.717, 1.165) is 38.8 Å². The Morgan fingerprint density at radius 2 is 2.06 bits per heavy atom. The van der Waals surface area contributed by atoms with Crippen LogP contribution in [0.1, 0.15) is 39.0 Å². The van der Waals surface area contributed by atoms with E-state index in [2.05, 4.69) is 6.92 Å². The van der Waals surface area contributed by atoms with Gasteiger partial charge >= 0.3 is 12.0 Å². The Morgan fingerprint density at radius 1 is 1.28 bits per heavy atom. The molecular weight excluding hydrogens is 232 g/mol. The standard InChI is InChI=1S/C13H22N2O3/c1-2-4-10-6-8-14(9-10)13(18)15-7-3-5-11(15)12(16)17/h10-11H,2-9H2,1H3,(H,16,17)/t10?,11-/m1/s1. The lowest BCUT2D eigenvalue weighted by Gasteiger charge is -2.27. The third-order valence-corrected chi connectivity index (χ3v) is 4.04. The van der Waals surface area contributed by atoms with Crippen molar-refractivity contribution in [3.8, 4) is 0 Å². The monoisotopic (exact) mass is 254 g/mol. The Bertz CT molecular complexity index is 332. The number of carboxylic acids is 1. The number of hydrogen-bond donors (Lipinski definition) is 1. The fourth-order valence-corrected chi connectivity index (χ4v) is 3.08. The first-order valence-electron chi connectivity index (χ1n) is 6.91. The average molecular weight is 254 g/mol. The third kappa shape index (κ3) is 2.60. The molecule has 2 saturated heterocycles. The largest absolute Gasteiger partial charge is 0.480 e. The highest BCUT2D eigenvalue weighted by Gasteiger charge is 2.37. The van der Waals surface area contributed by atoms with E-state index in [-0.39, 0.29) is 6.03 Å². The molecule has 0 aromatic rings. The van der Waals surface area contributed by atoms with Crippen molar-refractivity contribution < 1.29 is 14.7 Å². The topological polar surface area (TPSA) is 60.9 Å². The minimum Gasteiger partial charge on any atom is -0.480 e. The summed E-state index contributed by atoms with van der Waals surface area (Å²) in [7, 11) is 0. The summed E-state index contributed by atoms with van der Waals surface area (Å²) in [4.78, 5) is 26.8. The zero-order valence-corrected chi connectivity index (χ0v) is 11.0. The number of carboxylic acid groups (broad SMARTS) is 1. The zero-order valence-electron chi connectivity index (χ0n) is 11.0. The van der Waals surface area contributed by atoms with Crippen LogP contribution in [0.2, 0.25) is 0 Å². The Labute approximate surface area is 108 Å². The minimum absolute atomic E-state index is 0.0708. The van der Waals surface area contributed by atoms with Gasteiger partial charge in [0.2, 0.25) is 0 Å². The molecular formula is C13H22N2O3. The Morgan fingerprint density at radius 3 is 2.72 bits per heavy atom. The van der Waals surface area contributed by atoms with Crippen LogP contribution in [0.5, 0.6) is 0 Å². The van der Waals surface area contributed by atoms with E-state index in [1.54, 1.807) is 0 Å². The molecule has 2 heterocycles. The molecule has 2 fully saturated rings. The summed E-state index contributed by atoms with van der Waals surface area (Å²) in [6.45, 7) is 4.33. The van der Waals surface area contributed by atoms with Crippen LogP contribution in [0.15, 0.2) is 0 Å². The fraction of sp³-hybridized carbons (Fsp3) is 0.846. The quantitative estimate of drug-likeness (QED) is 0.835. The lowest BCUT2D eigenvalue weighted by molar-refractivity contribution is -0.141. The smallest absolute Gasteiger partial charge is 0.326 e. The number of hydrogen-bond acceptors (Lipinski definition) is 2. The van der Waals surface area contributed by atoms with Gasteiger partial charge in [0, 0.05) is 19.6 Å². The maximum atomic E-state index is 12.3. The van der Waals surface area contributed by atoms with Gasteiger partial charge < -0.3 is 14.9 Å². The molecule has 2 amide bonds. The molecule has 2 aliphatic rings. The van der Waals surface area contributed by atoms with E-state index in [1.807, 2.05) is 4.90 Å². The average Bonchev–Trinajstić information content (AvgIpc) is 2.96. The van der Waals surface area contributed by atoms with Crippen LogP contribution >= 0.6 is 0 Å². The molecule has 0 aromatic carbocycles.